The van der Waals surface area contributed by atoms with Crippen LogP contribution in [-0.4, -0.2) is 68.3 Å². The quantitative estimate of drug-likeness (QED) is 0.0629. The van der Waals surface area contributed by atoms with E-state index in [-0.39, 0.29) is 12.2 Å². The summed E-state index contributed by atoms with van der Waals surface area (Å²) < 4.78 is 5.68. The third-order valence-corrected chi connectivity index (χ3v) is 7.74. The standard InChI is InChI=1S/C35H53NO10/c1-4-5-6-11-14-27(37)15-12-9-7-8-10-13-16-29(35(45,34(43)44)24-31(38)39)32(40)36-30(33(41)42)23-26-17-19-28(20-18-26)46-22-21-25(2)3/h13,16-20,25,29-30,45H,4-12,14-15,21-24H2,1-3H3,(H,36,40)(H,38,39)(H,41,42)(H,43,44)/b16-13+. The molecule has 258 valence electrons. The third kappa shape index (κ3) is 16.0. The molecule has 11 nitrogen and oxygen atoms in total. The van der Waals surface area contributed by atoms with Gasteiger partial charge in [-0.05, 0) is 55.7 Å². The molecule has 0 fully saturated rings. The van der Waals surface area contributed by atoms with Crippen LogP contribution in [0.3, 0.4) is 0 Å². The molecule has 0 heterocycles. The highest BCUT2D eigenvalue weighted by atomic mass is 16.5. The van der Waals surface area contributed by atoms with Crippen LogP contribution < -0.4 is 10.1 Å². The highest BCUT2D eigenvalue weighted by molar-refractivity contribution is 5.94. The molecular weight excluding hydrogens is 594 g/mol. The van der Waals surface area contributed by atoms with Crippen molar-refractivity contribution in [1.82, 2.24) is 5.32 Å². The Morgan fingerprint density at radius 2 is 1.50 bits per heavy atom. The molecule has 0 aliphatic heterocycles. The van der Waals surface area contributed by atoms with Gasteiger partial charge in [0.25, 0.3) is 0 Å². The first-order valence-corrected chi connectivity index (χ1v) is 16.4. The van der Waals surface area contributed by atoms with Gasteiger partial charge < -0.3 is 30.5 Å². The fourth-order valence-corrected chi connectivity index (χ4v) is 4.89. The van der Waals surface area contributed by atoms with Gasteiger partial charge in [-0.25, -0.2) is 9.59 Å². The fraction of sp³-hybridized carbons (Fsp3) is 0.629. The Labute approximate surface area is 272 Å². The van der Waals surface area contributed by atoms with Crippen molar-refractivity contribution in [2.45, 2.75) is 122 Å². The summed E-state index contributed by atoms with van der Waals surface area (Å²) in [4.78, 5) is 60.8. The van der Waals surface area contributed by atoms with Crippen molar-refractivity contribution in [3.63, 3.8) is 0 Å². The molecule has 0 bridgehead atoms. The first-order chi connectivity index (χ1) is 21.8. The van der Waals surface area contributed by atoms with Crippen LogP contribution in [0.5, 0.6) is 5.75 Å². The number of ether oxygens (including phenoxy) is 1. The van der Waals surface area contributed by atoms with Gasteiger partial charge >= 0.3 is 17.9 Å². The molecule has 11 heteroatoms. The number of carboxylic acid groups (broad SMARTS) is 3. The molecule has 1 aromatic rings. The van der Waals surface area contributed by atoms with Crippen molar-refractivity contribution < 1.29 is 49.1 Å². The van der Waals surface area contributed by atoms with Gasteiger partial charge in [-0.15, -0.1) is 0 Å². The Hall–Kier alpha value is -3.73. The van der Waals surface area contributed by atoms with Gasteiger partial charge in [0, 0.05) is 19.3 Å². The van der Waals surface area contributed by atoms with E-state index in [9.17, 15) is 44.4 Å². The number of aliphatic hydroxyl groups is 1. The molecule has 1 rings (SSSR count). The van der Waals surface area contributed by atoms with Crippen LogP contribution in [0.15, 0.2) is 36.4 Å². The number of Topliss-reactive ketones (excluding diaryl/α,β-unsaturated/α-hetero) is 1. The molecule has 0 saturated heterocycles. The second kappa shape index (κ2) is 21.9. The van der Waals surface area contributed by atoms with E-state index in [0.717, 1.165) is 57.4 Å². The van der Waals surface area contributed by atoms with Crippen LogP contribution in [0.1, 0.15) is 110 Å². The molecule has 0 aliphatic carbocycles. The summed E-state index contributed by atoms with van der Waals surface area (Å²) in [5.74, 6) is -6.59. The van der Waals surface area contributed by atoms with Crippen molar-refractivity contribution in [3.05, 3.63) is 42.0 Å². The average Bonchev–Trinajstić information content (AvgIpc) is 2.98. The molecule has 0 radical (unpaired) electrons. The minimum absolute atomic E-state index is 0.143. The molecule has 0 spiro atoms. The SMILES string of the molecule is CCCCCCC(=O)CCCCCC/C=C/C(C(=O)NC(Cc1ccc(OCCC(C)C)cc1)C(=O)O)C(O)(CC(=O)O)C(=O)O. The summed E-state index contributed by atoms with van der Waals surface area (Å²) in [6.45, 7) is 6.81. The lowest BCUT2D eigenvalue weighted by molar-refractivity contribution is -0.172. The first kappa shape index (κ1) is 40.3. The van der Waals surface area contributed by atoms with E-state index in [4.69, 9.17) is 4.74 Å². The normalized spacial score (nSPS) is 14.0. The summed E-state index contributed by atoms with van der Waals surface area (Å²) >= 11 is 0. The molecular formula is C35H53NO10. The number of benzene rings is 1. The highest BCUT2D eigenvalue weighted by Crippen LogP contribution is 2.26. The predicted octanol–water partition coefficient (Wildman–Crippen LogP) is 5.57. The number of unbranched alkanes of at least 4 members (excludes halogenated alkanes) is 7. The van der Waals surface area contributed by atoms with E-state index in [1.54, 1.807) is 24.3 Å². The Balaban J connectivity index is 2.86. The second-order valence-electron chi connectivity index (χ2n) is 12.3. The molecule has 46 heavy (non-hydrogen) atoms. The zero-order chi connectivity index (χ0) is 34.5. The number of rotatable bonds is 26. The van der Waals surface area contributed by atoms with Crippen molar-refractivity contribution in [3.8, 4) is 5.75 Å². The van der Waals surface area contributed by atoms with E-state index in [2.05, 4.69) is 26.1 Å². The van der Waals surface area contributed by atoms with E-state index in [1.165, 1.54) is 6.08 Å². The number of carboxylic acids is 3. The Kier molecular flexibility index (Phi) is 19.2. The smallest absolute Gasteiger partial charge is 0.337 e. The average molecular weight is 648 g/mol. The van der Waals surface area contributed by atoms with E-state index in [0.29, 0.717) is 49.5 Å². The number of carbonyl (C=O) groups excluding carboxylic acids is 2. The number of aliphatic carboxylic acids is 3. The lowest BCUT2D eigenvalue weighted by Crippen LogP contribution is -2.55. The number of hydrogen-bond acceptors (Lipinski definition) is 7. The van der Waals surface area contributed by atoms with Crippen LogP contribution in [0.4, 0.5) is 0 Å². The van der Waals surface area contributed by atoms with Gasteiger partial charge in [-0.3, -0.25) is 14.4 Å². The van der Waals surface area contributed by atoms with Gasteiger partial charge in [-0.2, -0.15) is 0 Å². The van der Waals surface area contributed by atoms with Crippen molar-refractivity contribution in [2.24, 2.45) is 11.8 Å². The molecule has 0 aromatic heterocycles. The lowest BCUT2D eigenvalue weighted by atomic mass is 9.82. The van der Waals surface area contributed by atoms with Crippen LogP contribution in [0, 0.1) is 11.8 Å². The summed E-state index contributed by atoms with van der Waals surface area (Å²) in [6.07, 6.45) is 10.9. The topological polar surface area (TPSA) is 188 Å². The van der Waals surface area contributed by atoms with E-state index < -0.39 is 47.8 Å². The number of ketones is 1. The number of nitrogens with one attached hydrogen (secondary N) is 1. The van der Waals surface area contributed by atoms with Gasteiger partial charge in [0.05, 0.1) is 18.9 Å². The summed E-state index contributed by atoms with van der Waals surface area (Å²) in [5.41, 5.74) is -2.45. The zero-order valence-electron chi connectivity index (χ0n) is 27.5. The minimum Gasteiger partial charge on any atom is -0.494 e. The molecule has 0 aliphatic rings. The van der Waals surface area contributed by atoms with Crippen molar-refractivity contribution in [1.29, 1.82) is 0 Å². The minimum atomic E-state index is -3.01. The fourth-order valence-electron chi connectivity index (χ4n) is 4.89. The van der Waals surface area contributed by atoms with Crippen LogP contribution in [-0.2, 0) is 30.4 Å². The number of allylic oxidation sites excluding steroid dienone is 1. The molecule has 1 amide bonds. The summed E-state index contributed by atoms with van der Waals surface area (Å²) in [6, 6.07) is 5.21. The predicted molar refractivity (Wildman–Crippen MR) is 174 cm³/mol. The number of hydrogen-bond donors (Lipinski definition) is 5. The highest BCUT2D eigenvalue weighted by Gasteiger charge is 2.49. The molecule has 0 saturated carbocycles. The number of carbonyl (C=O) groups is 5. The molecule has 3 unspecified atom stereocenters. The summed E-state index contributed by atoms with van der Waals surface area (Å²) in [7, 11) is 0. The summed E-state index contributed by atoms with van der Waals surface area (Å²) in [5, 5.41) is 42.0. The molecule has 1 aromatic carbocycles. The first-order valence-electron chi connectivity index (χ1n) is 16.4. The van der Waals surface area contributed by atoms with Crippen LogP contribution in [0.2, 0.25) is 0 Å². The van der Waals surface area contributed by atoms with Crippen LogP contribution in [0.25, 0.3) is 0 Å². The second-order valence-corrected chi connectivity index (χ2v) is 12.3. The van der Waals surface area contributed by atoms with Crippen molar-refractivity contribution in [2.75, 3.05) is 6.61 Å². The van der Waals surface area contributed by atoms with Gasteiger partial charge in [-0.1, -0.05) is 77.2 Å². The lowest BCUT2D eigenvalue weighted by Gasteiger charge is -2.29. The molecule has 5 N–H and O–H groups in total. The number of amides is 1. The Bertz CT molecular complexity index is 1130. The largest absolute Gasteiger partial charge is 0.494 e. The van der Waals surface area contributed by atoms with E-state index >= 15 is 0 Å². The van der Waals surface area contributed by atoms with Gasteiger partial charge in [0.2, 0.25) is 5.91 Å². The Morgan fingerprint density at radius 3 is 2.04 bits per heavy atom. The maximum atomic E-state index is 13.3. The van der Waals surface area contributed by atoms with Crippen LogP contribution >= 0.6 is 0 Å². The monoisotopic (exact) mass is 647 g/mol. The Morgan fingerprint density at radius 1 is 0.891 bits per heavy atom. The molecule has 3 atom stereocenters. The van der Waals surface area contributed by atoms with Gasteiger partial charge in [0.1, 0.15) is 17.6 Å². The van der Waals surface area contributed by atoms with E-state index in [1.807, 2.05) is 0 Å². The zero-order valence-corrected chi connectivity index (χ0v) is 27.5. The third-order valence-electron chi connectivity index (χ3n) is 7.74. The maximum Gasteiger partial charge on any atom is 0.337 e. The maximum absolute atomic E-state index is 13.3. The van der Waals surface area contributed by atoms with Gasteiger partial charge in [0.15, 0.2) is 5.60 Å². The van der Waals surface area contributed by atoms with Crippen molar-refractivity contribution >= 4 is 29.6 Å².